The Morgan fingerprint density at radius 2 is 1.94 bits per heavy atom. The van der Waals surface area contributed by atoms with Crippen LogP contribution in [-0.2, 0) is 4.79 Å². The van der Waals surface area contributed by atoms with Gasteiger partial charge in [-0.2, -0.15) is 5.26 Å². The van der Waals surface area contributed by atoms with Gasteiger partial charge < -0.3 is 0 Å². The minimum absolute atomic E-state index is 0.436. The molecule has 0 N–H and O–H groups in total. The molecule has 0 atom stereocenters. The van der Waals surface area contributed by atoms with E-state index >= 15 is 0 Å². The van der Waals surface area contributed by atoms with Crippen LogP contribution in [-0.4, -0.2) is 11.6 Å². The first-order valence-corrected chi connectivity index (χ1v) is 4.37. The Kier molecular flexibility index (Phi) is 3.46. The van der Waals surface area contributed by atoms with Gasteiger partial charge in [-0.3, -0.25) is 9.59 Å². The van der Waals surface area contributed by atoms with Gasteiger partial charge in [-0.05, 0) is 19.1 Å². The summed E-state index contributed by atoms with van der Waals surface area (Å²) in [6.07, 6.45) is -0.484. The minimum Gasteiger partial charge on any atom is -0.300 e. The topological polar surface area (TPSA) is 57.9 Å². The number of benzene rings is 1. The number of carbonyl (C=O) groups excluding carboxylic acids is 2. The lowest BCUT2D eigenvalue weighted by Gasteiger charge is -2.02. The summed E-state index contributed by atoms with van der Waals surface area (Å²) in [5.74, 6) is -3.21. The van der Waals surface area contributed by atoms with Crippen LogP contribution in [0.15, 0.2) is 12.1 Å². The van der Waals surface area contributed by atoms with Gasteiger partial charge in [0.05, 0.1) is 17.5 Å². The van der Waals surface area contributed by atoms with Crippen LogP contribution in [0.4, 0.5) is 8.78 Å². The summed E-state index contributed by atoms with van der Waals surface area (Å²) in [6, 6.07) is 2.73. The predicted molar refractivity (Wildman–Crippen MR) is 50.7 cm³/mol. The number of Topliss-reactive ketones (excluding diaryl/α,β-unsaturated/α-hetero) is 2. The molecule has 0 unspecified atom stereocenters. The highest BCUT2D eigenvalue weighted by molar-refractivity contribution is 6.07. The second-order valence-corrected chi connectivity index (χ2v) is 3.23. The molecule has 5 heteroatoms. The largest absolute Gasteiger partial charge is 0.300 e. The van der Waals surface area contributed by atoms with E-state index in [9.17, 15) is 18.4 Å². The van der Waals surface area contributed by atoms with E-state index in [2.05, 4.69) is 0 Å². The maximum absolute atomic E-state index is 13.3. The van der Waals surface area contributed by atoms with Crippen LogP contribution in [0.5, 0.6) is 0 Å². The number of ketones is 2. The van der Waals surface area contributed by atoms with Crippen molar-refractivity contribution in [1.82, 2.24) is 0 Å². The Balaban J connectivity index is 3.17. The average molecular weight is 223 g/mol. The fourth-order valence-electron chi connectivity index (χ4n) is 1.17. The van der Waals surface area contributed by atoms with Gasteiger partial charge in [-0.25, -0.2) is 8.78 Å². The number of carbonyl (C=O) groups is 2. The molecule has 0 aromatic heterocycles. The third kappa shape index (κ3) is 2.48. The Bertz CT molecular complexity index is 503. The lowest BCUT2D eigenvalue weighted by Crippen LogP contribution is -2.08. The standard InChI is InChI=1S/C11H7F2NO2/c1-6(15)2-11(16)8-4-9(12)7(5-14)3-10(8)13/h3-4H,2H2,1H3. The zero-order chi connectivity index (χ0) is 12.3. The quantitative estimate of drug-likeness (QED) is 0.581. The van der Waals surface area contributed by atoms with E-state index < -0.39 is 40.7 Å². The molecule has 0 aliphatic carbocycles. The first-order chi connectivity index (χ1) is 7.45. The van der Waals surface area contributed by atoms with E-state index in [1.54, 1.807) is 0 Å². The van der Waals surface area contributed by atoms with Crippen LogP contribution in [0.1, 0.15) is 29.3 Å². The van der Waals surface area contributed by atoms with Gasteiger partial charge in [0.15, 0.2) is 5.78 Å². The van der Waals surface area contributed by atoms with E-state index in [1.165, 1.54) is 13.0 Å². The predicted octanol–water partition coefficient (Wildman–Crippen LogP) is 2.00. The molecule has 1 rings (SSSR count). The first kappa shape index (κ1) is 12.0. The van der Waals surface area contributed by atoms with Crippen molar-refractivity contribution >= 4 is 11.6 Å². The van der Waals surface area contributed by atoms with E-state index in [1.807, 2.05) is 0 Å². The van der Waals surface area contributed by atoms with Crippen LogP contribution >= 0.6 is 0 Å². The summed E-state index contributed by atoms with van der Waals surface area (Å²) in [5, 5.41) is 8.42. The van der Waals surface area contributed by atoms with Crippen molar-refractivity contribution in [3.63, 3.8) is 0 Å². The summed E-state index contributed by atoms with van der Waals surface area (Å²) in [7, 11) is 0. The summed E-state index contributed by atoms with van der Waals surface area (Å²) >= 11 is 0. The molecule has 0 radical (unpaired) electrons. The fourth-order valence-corrected chi connectivity index (χ4v) is 1.17. The number of hydrogen-bond donors (Lipinski definition) is 0. The highest BCUT2D eigenvalue weighted by atomic mass is 19.1. The van der Waals surface area contributed by atoms with Crippen LogP contribution in [0, 0.1) is 23.0 Å². The van der Waals surface area contributed by atoms with Crippen LogP contribution in [0.3, 0.4) is 0 Å². The monoisotopic (exact) mass is 223 g/mol. The van der Waals surface area contributed by atoms with Crippen molar-refractivity contribution in [2.75, 3.05) is 0 Å². The Labute approximate surface area is 90.3 Å². The van der Waals surface area contributed by atoms with Gasteiger partial charge in [0.25, 0.3) is 0 Å². The van der Waals surface area contributed by atoms with E-state index in [-0.39, 0.29) is 0 Å². The summed E-state index contributed by atoms with van der Waals surface area (Å²) in [5.41, 5.74) is -0.983. The van der Waals surface area contributed by atoms with Gasteiger partial charge in [0, 0.05) is 0 Å². The Morgan fingerprint density at radius 3 is 2.44 bits per heavy atom. The van der Waals surface area contributed by atoms with Gasteiger partial charge in [-0.1, -0.05) is 0 Å². The number of halogens is 2. The van der Waals surface area contributed by atoms with Crippen molar-refractivity contribution in [3.05, 3.63) is 34.9 Å². The van der Waals surface area contributed by atoms with Gasteiger partial charge in [-0.15, -0.1) is 0 Å². The first-order valence-electron chi connectivity index (χ1n) is 4.37. The van der Waals surface area contributed by atoms with Gasteiger partial charge in [0.2, 0.25) is 0 Å². The third-order valence-corrected chi connectivity index (χ3v) is 1.89. The lowest BCUT2D eigenvalue weighted by atomic mass is 10.0. The van der Waals surface area contributed by atoms with E-state index in [0.717, 1.165) is 0 Å². The molecule has 82 valence electrons. The smallest absolute Gasteiger partial charge is 0.173 e. The molecular weight excluding hydrogens is 216 g/mol. The van der Waals surface area contributed by atoms with Crippen LogP contribution < -0.4 is 0 Å². The van der Waals surface area contributed by atoms with Crippen molar-refractivity contribution in [2.45, 2.75) is 13.3 Å². The third-order valence-electron chi connectivity index (χ3n) is 1.89. The second kappa shape index (κ2) is 4.62. The van der Waals surface area contributed by atoms with Crippen LogP contribution in [0.25, 0.3) is 0 Å². The molecular formula is C11H7F2NO2. The van der Waals surface area contributed by atoms with Crippen molar-refractivity contribution < 1.29 is 18.4 Å². The number of hydrogen-bond acceptors (Lipinski definition) is 3. The highest BCUT2D eigenvalue weighted by Gasteiger charge is 2.17. The molecule has 1 aromatic rings. The van der Waals surface area contributed by atoms with E-state index in [4.69, 9.17) is 5.26 Å². The van der Waals surface area contributed by atoms with Gasteiger partial charge >= 0.3 is 0 Å². The summed E-state index contributed by atoms with van der Waals surface area (Å²) < 4.78 is 26.4. The molecule has 0 spiro atoms. The van der Waals surface area contributed by atoms with Crippen molar-refractivity contribution in [2.24, 2.45) is 0 Å². The molecule has 0 bridgehead atoms. The zero-order valence-electron chi connectivity index (χ0n) is 8.38. The maximum Gasteiger partial charge on any atom is 0.173 e. The molecule has 3 nitrogen and oxygen atoms in total. The molecule has 0 aliphatic rings. The average Bonchev–Trinajstić information content (AvgIpc) is 2.19. The minimum atomic E-state index is -0.996. The van der Waals surface area contributed by atoms with Crippen LogP contribution in [0.2, 0.25) is 0 Å². The fraction of sp³-hybridized carbons (Fsp3) is 0.182. The number of nitrogens with zero attached hydrogens (tertiary/aromatic N) is 1. The molecule has 0 aliphatic heterocycles. The zero-order valence-corrected chi connectivity index (χ0v) is 8.38. The molecule has 1 aromatic carbocycles. The molecule has 0 heterocycles. The van der Waals surface area contributed by atoms with Gasteiger partial charge in [0.1, 0.15) is 23.5 Å². The molecule has 16 heavy (non-hydrogen) atoms. The Hall–Kier alpha value is -2.09. The number of nitriles is 1. The SMILES string of the molecule is CC(=O)CC(=O)c1cc(F)c(C#N)cc1F. The highest BCUT2D eigenvalue weighted by Crippen LogP contribution is 2.16. The molecule has 0 saturated heterocycles. The molecule has 0 amide bonds. The van der Waals surface area contributed by atoms with Crippen molar-refractivity contribution in [1.29, 1.82) is 5.26 Å². The Morgan fingerprint density at radius 1 is 1.31 bits per heavy atom. The van der Waals surface area contributed by atoms with E-state index in [0.29, 0.717) is 12.1 Å². The normalized spacial score (nSPS) is 9.62. The summed E-state index contributed by atoms with van der Waals surface area (Å²) in [4.78, 5) is 22.0. The lowest BCUT2D eigenvalue weighted by molar-refractivity contribution is -0.116. The summed E-state index contributed by atoms with van der Waals surface area (Å²) in [6.45, 7) is 1.18. The van der Waals surface area contributed by atoms with Crippen molar-refractivity contribution in [3.8, 4) is 6.07 Å². The molecule has 0 fully saturated rings. The maximum atomic E-state index is 13.3. The second-order valence-electron chi connectivity index (χ2n) is 3.23. The molecule has 0 saturated carbocycles. The number of rotatable bonds is 3.